The van der Waals surface area contributed by atoms with E-state index < -0.39 is 17.4 Å². The molecule has 0 aliphatic heterocycles. The molecule has 6 nitrogen and oxygen atoms in total. The number of hydrogen-bond donors (Lipinski definition) is 1. The van der Waals surface area contributed by atoms with Crippen LogP contribution in [0, 0.1) is 0 Å². The van der Waals surface area contributed by atoms with Crippen molar-refractivity contribution < 1.29 is 9.84 Å². The number of hydrogen-bond acceptors (Lipinski definition) is 4. The van der Waals surface area contributed by atoms with Crippen LogP contribution in [0.5, 0.6) is 5.75 Å². The highest BCUT2D eigenvalue weighted by atomic mass is 16.5. The minimum Gasteiger partial charge on any atom is -0.496 e. The first-order valence-corrected chi connectivity index (χ1v) is 5.92. The molecule has 0 fully saturated rings. The van der Waals surface area contributed by atoms with Crippen molar-refractivity contribution in [2.45, 2.75) is 19.6 Å². The van der Waals surface area contributed by atoms with Gasteiger partial charge < -0.3 is 9.84 Å². The minimum atomic E-state index is -0.780. The second-order valence-corrected chi connectivity index (χ2v) is 4.46. The first-order chi connectivity index (χ1) is 8.97. The van der Waals surface area contributed by atoms with Crippen LogP contribution in [0.15, 0.2) is 27.8 Å². The van der Waals surface area contributed by atoms with E-state index in [-0.39, 0.29) is 6.54 Å². The number of methoxy groups -OCH3 is 1. The number of rotatable bonds is 3. The Morgan fingerprint density at radius 1 is 1.37 bits per heavy atom. The van der Waals surface area contributed by atoms with Gasteiger partial charge >= 0.3 is 5.69 Å². The Morgan fingerprint density at radius 2 is 2.05 bits per heavy atom. The smallest absolute Gasteiger partial charge is 0.331 e. The van der Waals surface area contributed by atoms with Gasteiger partial charge in [0.15, 0.2) is 0 Å². The first-order valence-electron chi connectivity index (χ1n) is 5.92. The van der Waals surface area contributed by atoms with Gasteiger partial charge in [-0.2, -0.15) is 0 Å². The molecule has 2 aromatic rings. The maximum Gasteiger partial charge on any atom is 0.331 e. The van der Waals surface area contributed by atoms with E-state index in [0.29, 0.717) is 16.7 Å². The molecule has 0 bridgehead atoms. The molecular weight excluding hydrogens is 248 g/mol. The lowest BCUT2D eigenvalue weighted by molar-refractivity contribution is 0.170. The summed E-state index contributed by atoms with van der Waals surface area (Å²) in [5.41, 5.74) is -0.390. The molecule has 0 amide bonds. The van der Waals surface area contributed by atoms with Crippen molar-refractivity contribution in [1.29, 1.82) is 0 Å². The van der Waals surface area contributed by atoms with Gasteiger partial charge in [-0.05, 0) is 19.1 Å². The number of fused-ring (bicyclic) bond motifs is 1. The number of ether oxygens (including phenoxy) is 1. The summed E-state index contributed by atoms with van der Waals surface area (Å²) in [4.78, 5) is 24.5. The second kappa shape index (κ2) is 4.89. The van der Waals surface area contributed by atoms with Crippen molar-refractivity contribution in [3.05, 3.63) is 39.0 Å². The van der Waals surface area contributed by atoms with E-state index in [1.165, 1.54) is 18.6 Å². The summed E-state index contributed by atoms with van der Waals surface area (Å²) in [7, 11) is 3.06. The molecule has 0 saturated carbocycles. The highest BCUT2D eigenvalue weighted by Crippen LogP contribution is 2.20. The summed E-state index contributed by atoms with van der Waals surface area (Å²) < 4.78 is 7.57. The molecule has 2 rings (SSSR count). The van der Waals surface area contributed by atoms with Crippen LogP contribution in [-0.2, 0) is 13.6 Å². The fourth-order valence-corrected chi connectivity index (χ4v) is 2.12. The standard InChI is InChI=1S/C13H16N2O4/c1-8(16)7-15-12(17)11-9(14(2)13(15)18)5-4-6-10(11)19-3/h4-6,8,16H,7H2,1-3H3. The third kappa shape index (κ3) is 2.15. The summed E-state index contributed by atoms with van der Waals surface area (Å²) >= 11 is 0. The maximum atomic E-state index is 12.4. The Hall–Kier alpha value is -2.08. The average Bonchev–Trinajstić information content (AvgIpc) is 2.40. The average molecular weight is 264 g/mol. The molecule has 1 N–H and O–H groups in total. The van der Waals surface area contributed by atoms with Crippen LogP contribution in [0.3, 0.4) is 0 Å². The Morgan fingerprint density at radius 3 is 2.63 bits per heavy atom. The van der Waals surface area contributed by atoms with Gasteiger partial charge in [0.2, 0.25) is 0 Å². The van der Waals surface area contributed by atoms with Crippen LogP contribution in [-0.4, -0.2) is 27.5 Å². The summed E-state index contributed by atoms with van der Waals surface area (Å²) in [6.45, 7) is 1.48. The topological polar surface area (TPSA) is 73.5 Å². The molecule has 0 saturated heterocycles. The lowest BCUT2D eigenvalue weighted by Crippen LogP contribution is -2.41. The van der Waals surface area contributed by atoms with Gasteiger partial charge in [-0.15, -0.1) is 0 Å². The Labute approximate surface area is 109 Å². The molecule has 1 unspecified atom stereocenters. The maximum absolute atomic E-state index is 12.4. The molecule has 19 heavy (non-hydrogen) atoms. The second-order valence-electron chi connectivity index (χ2n) is 4.46. The van der Waals surface area contributed by atoms with Gasteiger partial charge in [-0.3, -0.25) is 13.9 Å². The van der Waals surface area contributed by atoms with Crippen molar-refractivity contribution >= 4 is 10.9 Å². The molecule has 1 aromatic carbocycles. The number of aliphatic hydroxyl groups is 1. The fourth-order valence-electron chi connectivity index (χ4n) is 2.12. The molecule has 1 atom stereocenters. The van der Waals surface area contributed by atoms with E-state index >= 15 is 0 Å². The quantitative estimate of drug-likeness (QED) is 0.852. The van der Waals surface area contributed by atoms with E-state index in [0.717, 1.165) is 4.57 Å². The lowest BCUT2D eigenvalue weighted by atomic mass is 10.2. The Bertz CT molecular complexity index is 728. The minimum absolute atomic E-state index is 0.0422. The Kier molecular flexibility index (Phi) is 3.44. The lowest BCUT2D eigenvalue weighted by Gasteiger charge is -2.13. The summed E-state index contributed by atoms with van der Waals surface area (Å²) in [6, 6.07) is 5.08. The molecule has 1 aromatic heterocycles. The molecule has 0 aliphatic carbocycles. The van der Waals surface area contributed by atoms with Crippen molar-refractivity contribution in [3.8, 4) is 5.75 Å². The third-order valence-electron chi connectivity index (χ3n) is 3.01. The van der Waals surface area contributed by atoms with Crippen molar-refractivity contribution in [1.82, 2.24) is 9.13 Å². The van der Waals surface area contributed by atoms with Crippen LogP contribution in [0.25, 0.3) is 10.9 Å². The summed E-state index contributed by atoms with van der Waals surface area (Å²) in [5.74, 6) is 0.414. The highest BCUT2D eigenvalue weighted by Gasteiger charge is 2.15. The van der Waals surface area contributed by atoms with Crippen LogP contribution in [0.4, 0.5) is 0 Å². The zero-order valence-electron chi connectivity index (χ0n) is 11.1. The predicted octanol–water partition coefficient (Wildman–Crippen LogP) is 0.0896. The highest BCUT2D eigenvalue weighted by molar-refractivity contribution is 5.84. The van der Waals surface area contributed by atoms with Crippen molar-refractivity contribution in [2.75, 3.05) is 7.11 Å². The number of aryl methyl sites for hydroxylation is 1. The number of aromatic nitrogens is 2. The Balaban J connectivity index is 2.94. The summed E-state index contributed by atoms with van der Waals surface area (Å²) in [5, 5.41) is 9.75. The largest absolute Gasteiger partial charge is 0.496 e. The number of benzene rings is 1. The molecule has 0 spiro atoms. The van der Waals surface area contributed by atoms with Crippen molar-refractivity contribution in [2.24, 2.45) is 7.05 Å². The van der Waals surface area contributed by atoms with E-state index in [1.54, 1.807) is 25.2 Å². The zero-order chi connectivity index (χ0) is 14.2. The van der Waals surface area contributed by atoms with Gasteiger partial charge in [0.05, 0.1) is 25.3 Å². The normalized spacial score (nSPS) is 12.6. The number of nitrogens with zero attached hydrogens (tertiary/aromatic N) is 2. The SMILES string of the molecule is COc1cccc2c1c(=O)n(CC(C)O)c(=O)n2C. The molecule has 0 aliphatic rings. The van der Waals surface area contributed by atoms with E-state index in [9.17, 15) is 14.7 Å². The van der Waals surface area contributed by atoms with E-state index in [1.807, 2.05) is 0 Å². The van der Waals surface area contributed by atoms with Crippen LogP contribution >= 0.6 is 0 Å². The molecule has 102 valence electrons. The third-order valence-corrected chi connectivity index (χ3v) is 3.01. The van der Waals surface area contributed by atoms with Crippen molar-refractivity contribution in [3.63, 3.8) is 0 Å². The van der Waals surface area contributed by atoms with Gasteiger partial charge in [0.25, 0.3) is 5.56 Å². The predicted molar refractivity (Wildman–Crippen MR) is 71.7 cm³/mol. The molecule has 1 heterocycles. The van der Waals surface area contributed by atoms with Crippen LogP contribution in [0.2, 0.25) is 0 Å². The molecule has 6 heteroatoms. The monoisotopic (exact) mass is 264 g/mol. The van der Waals surface area contributed by atoms with Crippen LogP contribution in [0.1, 0.15) is 6.92 Å². The van der Waals surface area contributed by atoms with Gasteiger partial charge in [0.1, 0.15) is 11.1 Å². The van der Waals surface area contributed by atoms with E-state index in [4.69, 9.17) is 4.74 Å². The zero-order valence-corrected chi connectivity index (χ0v) is 11.1. The summed E-state index contributed by atoms with van der Waals surface area (Å²) in [6.07, 6.45) is -0.780. The fraction of sp³-hybridized carbons (Fsp3) is 0.385. The van der Waals surface area contributed by atoms with E-state index in [2.05, 4.69) is 0 Å². The van der Waals surface area contributed by atoms with Gasteiger partial charge in [-0.25, -0.2) is 4.79 Å². The first kappa shape index (κ1) is 13.4. The molecular formula is C13H16N2O4. The van der Waals surface area contributed by atoms with Gasteiger partial charge in [-0.1, -0.05) is 6.07 Å². The van der Waals surface area contributed by atoms with Gasteiger partial charge in [0, 0.05) is 7.05 Å². The number of aliphatic hydroxyl groups excluding tert-OH is 1. The molecule has 0 radical (unpaired) electrons. The van der Waals surface area contributed by atoms with Crippen LogP contribution < -0.4 is 16.0 Å².